The third-order valence-electron chi connectivity index (χ3n) is 8.90. The van der Waals surface area contributed by atoms with Crippen molar-refractivity contribution in [3.05, 3.63) is 53.3 Å². The van der Waals surface area contributed by atoms with E-state index in [1.165, 1.54) is 105 Å². The molecule has 14 nitrogen and oxygen atoms in total. The Morgan fingerprint density at radius 1 is 1.00 bits per heavy atom. The molecule has 15 heteroatoms. The first-order valence-electron chi connectivity index (χ1n) is 17.1. The monoisotopic (exact) mass is 691 g/mol. The first kappa shape index (κ1) is 38.9. The molecule has 0 radical (unpaired) electrons. The summed E-state index contributed by atoms with van der Waals surface area (Å²) in [6.45, 7) is 15.0. The number of fused-ring (bicyclic) bond motifs is 4. The van der Waals surface area contributed by atoms with Crippen molar-refractivity contribution >= 4 is 28.2 Å². The molecule has 4 rings (SSSR count). The molecular weight excluding hydrogens is 638 g/mol. The number of amides is 2. The number of hydrogen-bond acceptors (Lipinski definition) is 9. The van der Waals surface area contributed by atoms with Gasteiger partial charge in [0.05, 0.1) is 50.2 Å². The number of rotatable bonds is 16. The van der Waals surface area contributed by atoms with Crippen LogP contribution in [0.4, 0.5) is 4.79 Å². The highest BCUT2D eigenvalue weighted by Gasteiger charge is 2.52. The number of urea groups is 1. The molecule has 2 amide bonds. The fraction of sp³-hybridized carbons (Fsp3) is 0.636. The number of amidine groups is 1. The zero-order valence-electron chi connectivity index (χ0n) is 29.3. The molecule has 2 aromatic rings. The number of aliphatic imine (C=N–C) groups is 1. The molecule has 0 aliphatic carbocycles. The first-order chi connectivity index (χ1) is 23.0. The summed E-state index contributed by atoms with van der Waals surface area (Å²) < 4.78 is 40.6. The largest absolute Gasteiger partial charge is 0.724 e. The van der Waals surface area contributed by atoms with Gasteiger partial charge in [0, 0.05) is 19.7 Å². The van der Waals surface area contributed by atoms with Crippen LogP contribution in [0.2, 0.25) is 0 Å². The fourth-order valence-corrected chi connectivity index (χ4v) is 6.67. The molecule has 2 aliphatic heterocycles. The van der Waals surface area contributed by atoms with Gasteiger partial charge in [0.2, 0.25) is 10.4 Å². The zero-order valence-corrected chi connectivity index (χ0v) is 30.1. The maximum absolute atomic E-state index is 12.8. The molecule has 1 aromatic carbocycles. The molecule has 268 valence electrons. The zero-order chi connectivity index (χ0) is 35.3. The second-order valence-electron chi connectivity index (χ2n) is 12.4. The fourth-order valence-electron chi connectivity index (χ4n) is 6.30. The van der Waals surface area contributed by atoms with Crippen molar-refractivity contribution in [1.82, 2.24) is 25.2 Å². The molecule has 1 N–H and O–H groups in total. The van der Waals surface area contributed by atoms with Crippen molar-refractivity contribution in [2.45, 2.75) is 91.1 Å². The number of nitrogens with one attached hydrogen (secondary N) is 1. The summed E-state index contributed by atoms with van der Waals surface area (Å²) in [5.41, 5.74) is 3.74. The van der Waals surface area contributed by atoms with Crippen LogP contribution < -0.4 is 5.48 Å². The van der Waals surface area contributed by atoms with E-state index in [9.17, 15) is 22.6 Å². The molecule has 2 atom stereocenters. The number of benzene rings is 1. The topological polar surface area (TPSA) is 158 Å². The van der Waals surface area contributed by atoms with E-state index in [1.807, 2.05) is 0 Å². The lowest BCUT2D eigenvalue weighted by Gasteiger charge is -2.39. The van der Waals surface area contributed by atoms with Gasteiger partial charge in [0.25, 0.3) is 0 Å². The minimum absolute atomic E-state index is 0.00500. The lowest BCUT2D eigenvalue weighted by molar-refractivity contribution is -0.929. The Morgan fingerprint density at radius 2 is 1.54 bits per heavy atom. The van der Waals surface area contributed by atoms with Crippen LogP contribution in [0.1, 0.15) is 113 Å². The van der Waals surface area contributed by atoms with Gasteiger partial charge in [0.1, 0.15) is 12.1 Å². The smallest absolute Gasteiger partial charge is 0.362 e. The van der Waals surface area contributed by atoms with Crippen LogP contribution in [-0.4, -0.2) is 94.8 Å². The van der Waals surface area contributed by atoms with E-state index in [4.69, 9.17) is 4.84 Å². The van der Waals surface area contributed by atoms with E-state index in [0.29, 0.717) is 21.9 Å². The minimum Gasteiger partial charge on any atom is -0.724 e. The highest BCUT2D eigenvalue weighted by atomic mass is 32.3. The lowest BCUT2D eigenvalue weighted by atomic mass is 9.97. The summed E-state index contributed by atoms with van der Waals surface area (Å²) in [5.74, 6) is -0.580. The van der Waals surface area contributed by atoms with Crippen LogP contribution in [-0.2, 0) is 26.6 Å². The quantitative estimate of drug-likeness (QED) is 0.0636. The van der Waals surface area contributed by atoms with Crippen molar-refractivity contribution in [3.63, 3.8) is 0 Å². The van der Waals surface area contributed by atoms with Crippen molar-refractivity contribution in [1.29, 1.82) is 0 Å². The van der Waals surface area contributed by atoms with Crippen LogP contribution >= 0.6 is 0 Å². The van der Waals surface area contributed by atoms with E-state index in [2.05, 4.69) is 47.5 Å². The van der Waals surface area contributed by atoms with Gasteiger partial charge in [-0.2, -0.15) is 14.4 Å². The summed E-state index contributed by atoms with van der Waals surface area (Å²) in [6, 6.07) is 5.62. The van der Waals surface area contributed by atoms with Crippen LogP contribution in [0.3, 0.4) is 0 Å². The summed E-state index contributed by atoms with van der Waals surface area (Å²) >= 11 is 0. The second-order valence-corrected chi connectivity index (χ2v) is 13.4. The standard InChI is InChI=1S/C17H18N6O7S.C16H36N/c1-18-15(20-29-16(24)10-6-4-3-5-7-10)14-13-11(8-19-21(13)2)12-9-22(14)17(25)23(12)30-31(26,27)28;1-5-9-13-17(14-10-6-2,15-11-7-3)16-12-8-4/h3-8,12,14H,9H2,1-2H3,(H,18,20)(H,26,27,28);5-16H2,1-4H3/q;+1/p-1/t12-,14-;/m0./s1. The van der Waals surface area contributed by atoms with Gasteiger partial charge >= 0.3 is 12.0 Å². The van der Waals surface area contributed by atoms with Gasteiger partial charge in [-0.25, -0.2) is 23.5 Å². The van der Waals surface area contributed by atoms with E-state index in [1.54, 1.807) is 37.4 Å². The van der Waals surface area contributed by atoms with Gasteiger partial charge in [-0.15, -0.1) is 0 Å². The molecule has 2 aliphatic rings. The van der Waals surface area contributed by atoms with Gasteiger partial charge in [0.15, 0.2) is 5.84 Å². The number of hydroxylamine groups is 3. The Bertz CT molecular complexity index is 1430. The molecule has 2 bridgehead atoms. The molecule has 3 heterocycles. The molecule has 1 fully saturated rings. The number of aromatic nitrogens is 2. The Balaban J connectivity index is 0.000000315. The number of carbonyl (C=O) groups excluding carboxylic acids is 2. The molecule has 0 saturated carbocycles. The number of nitrogens with zero attached hydrogens (tertiary/aromatic N) is 6. The van der Waals surface area contributed by atoms with Crippen LogP contribution in [0.15, 0.2) is 41.5 Å². The van der Waals surface area contributed by atoms with E-state index < -0.39 is 34.5 Å². The number of aryl methyl sites for hydroxylation is 1. The number of carbonyl (C=O) groups is 2. The van der Waals surface area contributed by atoms with Gasteiger partial charge in [-0.3, -0.25) is 9.67 Å². The van der Waals surface area contributed by atoms with Crippen molar-refractivity contribution < 1.29 is 36.2 Å². The van der Waals surface area contributed by atoms with Crippen molar-refractivity contribution in [2.24, 2.45) is 12.0 Å². The Morgan fingerprint density at radius 3 is 2.02 bits per heavy atom. The third-order valence-corrected chi connectivity index (χ3v) is 9.25. The van der Waals surface area contributed by atoms with Crippen LogP contribution in [0.25, 0.3) is 0 Å². The average Bonchev–Trinajstić information content (AvgIpc) is 3.59. The molecule has 1 saturated heterocycles. The maximum atomic E-state index is 12.8. The number of quaternary nitrogens is 1. The third kappa shape index (κ3) is 10.00. The predicted octanol–water partition coefficient (Wildman–Crippen LogP) is 5.04. The molecular formula is C33H53N7O7S. The highest BCUT2D eigenvalue weighted by molar-refractivity contribution is 7.80. The van der Waals surface area contributed by atoms with Crippen molar-refractivity contribution in [2.75, 3.05) is 39.8 Å². The van der Waals surface area contributed by atoms with Gasteiger partial charge in [-0.05, 0) is 37.8 Å². The lowest BCUT2D eigenvalue weighted by Crippen LogP contribution is -2.50. The molecule has 0 unspecified atom stereocenters. The summed E-state index contributed by atoms with van der Waals surface area (Å²) in [6.07, 6.45) is 12.5. The summed E-state index contributed by atoms with van der Waals surface area (Å²) in [4.78, 5) is 35.6. The maximum Gasteiger partial charge on any atom is 0.362 e. The number of hydrogen-bond donors (Lipinski definition) is 1. The molecule has 1 aromatic heterocycles. The van der Waals surface area contributed by atoms with E-state index in [-0.39, 0.29) is 12.4 Å². The van der Waals surface area contributed by atoms with Crippen molar-refractivity contribution in [3.8, 4) is 0 Å². The number of unbranched alkanes of at least 4 members (excludes halogenated alkanes) is 4. The summed E-state index contributed by atoms with van der Waals surface area (Å²) in [7, 11) is -2.13. The molecule has 48 heavy (non-hydrogen) atoms. The normalized spacial score (nSPS) is 17.6. The Hall–Kier alpha value is -3.53. The summed E-state index contributed by atoms with van der Waals surface area (Å²) in [5, 5.41) is 4.67. The van der Waals surface area contributed by atoms with Gasteiger partial charge < -0.3 is 18.8 Å². The van der Waals surface area contributed by atoms with Crippen LogP contribution in [0, 0.1) is 0 Å². The van der Waals surface area contributed by atoms with E-state index >= 15 is 0 Å². The van der Waals surface area contributed by atoms with Gasteiger partial charge in [-0.1, -0.05) is 71.6 Å². The Kier molecular flexibility index (Phi) is 14.8. The Labute approximate surface area is 285 Å². The highest BCUT2D eigenvalue weighted by Crippen LogP contribution is 2.44. The SMILES string of the molecule is CCCC[N+](CCCC)(CCCC)CCCC.CN=C(NOC(=O)c1ccccc1)[C@@H]1c2c(cnn2C)[C@@H]2CN1C(=O)N2OS(=O)(=O)[O-]. The minimum atomic E-state index is -5.18. The molecule has 0 spiro atoms. The second kappa shape index (κ2) is 18.3. The van der Waals surface area contributed by atoms with E-state index in [0.717, 1.165) is 0 Å². The predicted molar refractivity (Wildman–Crippen MR) is 181 cm³/mol. The average molecular weight is 692 g/mol. The van der Waals surface area contributed by atoms with Crippen LogP contribution in [0.5, 0.6) is 0 Å². The first-order valence-corrected chi connectivity index (χ1v) is 18.4.